The zero-order valence-corrected chi connectivity index (χ0v) is 13.6. The number of hydrogen-bond donors (Lipinski definition) is 2. The maximum Gasteiger partial charge on any atom is 0.335 e. The number of carboxylic acids is 1. The molecule has 0 radical (unpaired) electrons. The second-order valence-electron chi connectivity index (χ2n) is 4.71. The Morgan fingerprint density at radius 2 is 2.20 bits per heavy atom. The summed E-state index contributed by atoms with van der Waals surface area (Å²) in [6.45, 7) is 4.62. The molecule has 0 saturated carbocycles. The fraction of sp³-hybridized carbons (Fsp3) is 0.286. The number of thiophene rings is 1. The number of rotatable bonds is 5. The lowest BCUT2D eigenvalue weighted by Crippen LogP contribution is -2.06. The highest BCUT2D eigenvalue weighted by Gasteiger charge is 2.11. The summed E-state index contributed by atoms with van der Waals surface area (Å²) in [6.07, 6.45) is 0. The molecule has 0 aliphatic carbocycles. The highest BCUT2D eigenvalue weighted by Crippen LogP contribution is 2.22. The van der Waals surface area contributed by atoms with Crippen molar-refractivity contribution < 1.29 is 9.90 Å². The van der Waals surface area contributed by atoms with E-state index in [1.165, 1.54) is 0 Å². The van der Waals surface area contributed by atoms with Crippen molar-refractivity contribution in [3.63, 3.8) is 0 Å². The Bertz CT molecular complexity index is 625. The molecule has 2 heterocycles. The van der Waals surface area contributed by atoms with Gasteiger partial charge >= 0.3 is 5.97 Å². The van der Waals surface area contributed by atoms with Crippen LogP contribution in [-0.2, 0) is 6.54 Å². The van der Waals surface area contributed by atoms with E-state index < -0.39 is 5.97 Å². The van der Waals surface area contributed by atoms with Gasteiger partial charge in [0.25, 0.3) is 0 Å². The van der Waals surface area contributed by atoms with E-state index in [1.807, 2.05) is 25.3 Å². The van der Waals surface area contributed by atoms with E-state index in [-0.39, 0.29) is 11.5 Å². The van der Waals surface area contributed by atoms with Gasteiger partial charge in [-0.3, -0.25) is 0 Å². The first-order valence-corrected chi connectivity index (χ1v) is 7.85. The van der Waals surface area contributed by atoms with Gasteiger partial charge in [-0.1, -0.05) is 13.8 Å². The van der Waals surface area contributed by atoms with Gasteiger partial charge in [-0.25, -0.2) is 9.78 Å². The fourth-order valence-electron chi connectivity index (χ4n) is 1.69. The van der Waals surface area contributed by atoms with Gasteiger partial charge < -0.3 is 10.4 Å². The lowest BCUT2D eigenvalue weighted by Gasteiger charge is -2.10. The van der Waals surface area contributed by atoms with E-state index in [2.05, 4.69) is 26.2 Å². The first kappa shape index (κ1) is 15.0. The van der Waals surface area contributed by atoms with E-state index in [0.29, 0.717) is 12.4 Å². The van der Waals surface area contributed by atoms with Crippen LogP contribution in [0.25, 0.3) is 0 Å². The first-order chi connectivity index (χ1) is 9.45. The standard InChI is InChI=1S/C14H15BrN2O2S/c1-8(2)12-3-9(14(18)19)4-13(17-12)16-6-11-5-10(15)7-20-11/h3-5,7-8H,6H2,1-2H3,(H,16,17)(H,18,19). The van der Waals surface area contributed by atoms with Crippen LogP contribution in [0.2, 0.25) is 0 Å². The maximum absolute atomic E-state index is 11.1. The molecule has 6 heteroatoms. The van der Waals surface area contributed by atoms with Crippen molar-refractivity contribution in [3.05, 3.63) is 44.2 Å². The number of hydrogen-bond acceptors (Lipinski definition) is 4. The Kier molecular flexibility index (Phi) is 4.77. The highest BCUT2D eigenvalue weighted by molar-refractivity contribution is 9.10. The number of nitrogens with zero attached hydrogens (tertiary/aromatic N) is 1. The number of carbonyl (C=O) groups is 1. The number of aromatic nitrogens is 1. The summed E-state index contributed by atoms with van der Waals surface area (Å²) in [6, 6.07) is 5.22. The van der Waals surface area contributed by atoms with Crippen molar-refractivity contribution in [1.29, 1.82) is 0 Å². The molecule has 2 aromatic heterocycles. The van der Waals surface area contributed by atoms with Crippen molar-refractivity contribution in [2.75, 3.05) is 5.32 Å². The van der Waals surface area contributed by atoms with Crippen LogP contribution in [0.15, 0.2) is 28.1 Å². The smallest absolute Gasteiger partial charge is 0.335 e. The molecule has 20 heavy (non-hydrogen) atoms. The zero-order chi connectivity index (χ0) is 14.7. The molecule has 2 N–H and O–H groups in total. The number of carboxylic acid groups (broad SMARTS) is 1. The first-order valence-electron chi connectivity index (χ1n) is 6.17. The van der Waals surface area contributed by atoms with Gasteiger partial charge in [-0.05, 0) is 40.0 Å². The summed E-state index contributed by atoms with van der Waals surface area (Å²) in [4.78, 5) is 16.8. The van der Waals surface area contributed by atoms with Crippen LogP contribution >= 0.6 is 27.3 Å². The van der Waals surface area contributed by atoms with Crippen LogP contribution in [-0.4, -0.2) is 16.1 Å². The SMILES string of the molecule is CC(C)c1cc(C(=O)O)cc(NCc2cc(Br)cs2)n1. The average Bonchev–Trinajstić information content (AvgIpc) is 2.81. The van der Waals surface area contributed by atoms with Gasteiger partial charge in [0.05, 0.1) is 12.1 Å². The van der Waals surface area contributed by atoms with Crippen molar-refractivity contribution in [3.8, 4) is 0 Å². The summed E-state index contributed by atoms with van der Waals surface area (Å²) in [5.41, 5.74) is 1.04. The van der Waals surface area contributed by atoms with Crippen LogP contribution in [0.5, 0.6) is 0 Å². The lowest BCUT2D eigenvalue weighted by molar-refractivity contribution is 0.0696. The summed E-state index contributed by atoms with van der Waals surface area (Å²) in [7, 11) is 0. The molecule has 0 saturated heterocycles. The summed E-state index contributed by atoms with van der Waals surface area (Å²) in [5, 5.41) is 14.3. The minimum absolute atomic E-state index is 0.186. The molecule has 0 aliphatic heterocycles. The number of pyridine rings is 1. The van der Waals surface area contributed by atoms with Gasteiger partial charge in [0.15, 0.2) is 0 Å². The minimum Gasteiger partial charge on any atom is -0.478 e. The third-order valence-electron chi connectivity index (χ3n) is 2.75. The normalized spacial score (nSPS) is 10.8. The van der Waals surface area contributed by atoms with E-state index in [1.54, 1.807) is 23.5 Å². The van der Waals surface area contributed by atoms with Gasteiger partial charge in [-0.15, -0.1) is 11.3 Å². The van der Waals surface area contributed by atoms with E-state index in [4.69, 9.17) is 5.11 Å². The van der Waals surface area contributed by atoms with Crippen molar-refractivity contribution in [2.45, 2.75) is 26.3 Å². The second-order valence-corrected chi connectivity index (χ2v) is 6.62. The second kappa shape index (κ2) is 6.37. The molecule has 2 rings (SSSR count). The molecule has 0 fully saturated rings. The Balaban J connectivity index is 2.19. The summed E-state index contributed by atoms with van der Waals surface area (Å²) < 4.78 is 1.05. The van der Waals surface area contributed by atoms with Gasteiger partial charge in [0, 0.05) is 20.4 Å². The predicted octanol–water partition coefficient (Wildman–Crippen LogP) is 4.34. The van der Waals surface area contributed by atoms with Crippen LogP contribution in [0, 0.1) is 0 Å². The van der Waals surface area contributed by atoms with Crippen molar-refractivity contribution in [2.24, 2.45) is 0 Å². The third-order valence-corrected chi connectivity index (χ3v) is 4.45. The van der Waals surface area contributed by atoms with Gasteiger partial charge in [-0.2, -0.15) is 0 Å². The summed E-state index contributed by atoms with van der Waals surface area (Å²) in [5.74, 6) is -0.153. The average molecular weight is 355 g/mol. The molecule has 0 amide bonds. The molecule has 0 aliphatic rings. The van der Waals surface area contributed by atoms with Gasteiger partial charge in [0.2, 0.25) is 0 Å². The number of anilines is 1. The molecule has 0 spiro atoms. The molecule has 0 unspecified atom stereocenters. The van der Waals surface area contributed by atoms with E-state index in [9.17, 15) is 4.79 Å². The molecular weight excluding hydrogens is 340 g/mol. The molecule has 106 valence electrons. The van der Waals surface area contributed by atoms with Gasteiger partial charge in [0.1, 0.15) is 5.82 Å². The third kappa shape index (κ3) is 3.80. The van der Waals surface area contributed by atoms with Crippen LogP contribution in [0.1, 0.15) is 40.7 Å². The molecule has 0 bridgehead atoms. The number of aromatic carboxylic acids is 1. The lowest BCUT2D eigenvalue weighted by atomic mass is 10.1. The Morgan fingerprint density at radius 1 is 1.45 bits per heavy atom. The minimum atomic E-state index is -0.934. The molecule has 4 nitrogen and oxygen atoms in total. The Morgan fingerprint density at radius 3 is 2.75 bits per heavy atom. The summed E-state index contributed by atoms with van der Waals surface area (Å²) >= 11 is 5.05. The molecule has 2 aromatic rings. The fourth-order valence-corrected chi connectivity index (χ4v) is 3.08. The van der Waals surface area contributed by atoms with E-state index >= 15 is 0 Å². The van der Waals surface area contributed by atoms with Crippen LogP contribution in [0.3, 0.4) is 0 Å². The zero-order valence-electron chi connectivity index (χ0n) is 11.2. The van der Waals surface area contributed by atoms with Crippen LogP contribution in [0.4, 0.5) is 5.82 Å². The van der Waals surface area contributed by atoms with E-state index in [0.717, 1.165) is 15.0 Å². The largest absolute Gasteiger partial charge is 0.478 e. The highest BCUT2D eigenvalue weighted by atomic mass is 79.9. The van der Waals surface area contributed by atoms with Crippen molar-refractivity contribution in [1.82, 2.24) is 4.98 Å². The molecule has 0 aromatic carbocycles. The Hall–Kier alpha value is -1.40. The van der Waals surface area contributed by atoms with Crippen molar-refractivity contribution >= 4 is 39.1 Å². The quantitative estimate of drug-likeness (QED) is 0.838. The monoisotopic (exact) mass is 354 g/mol. The number of nitrogens with one attached hydrogen (secondary N) is 1. The number of halogens is 1. The predicted molar refractivity (Wildman–Crippen MR) is 84.6 cm³/mol. The Labute approximate surface area is 130 Å². The maximum atomic E-state index is 11.1. The molecular formula is C14H15BrN2O2S. The van der Waals surface area contributed by atoms with Crippen LogP contribution < -0.4 is 5.32 Å². The molecule has 0 atom stereocenters. The topological polar surface area (TPSA) is 62.2 Å².